The van der Waals surface area contributed by atoms with Crippen molar-refractivity contribution in [3.63, 3.8) is 0 Å². The molecule has 10 unspecified atom stereocenters. The van der Waals surface area contributed by atoms with Gasteiger partial charge < -0.3 is 44.9 Å². The molecule has 57 heavy (non-hydrogen) atoms. The average molecular weight is 809 g/mol. The first-order valence-corrected chi connectivity index (χ1v) is 23.1. The highest BCUT2D eigenvalue weighted by atomic mass is 16.6. The summed E-state index contributed by atoms with van der Waals surface area (Å²) in [6.45, 7) is 6.10. The van der Waals surface area contributed by atoms with Crippen molar-refractivity contribution in [2.24, 2.45) is 35.1 Å². The first-order valence-electron chi connectivity index (χ1n) is 23.1. The van der Waals surface area contributed by atoms with Gasteiger partial charge >= 0.3 is 11.9 Å². The molecule has 6 aliphatic rings. The summed E-state index contributed by atoms with van der Waals surface area (Å²) in [6.07, 6.45) is 15.4. The molecule has 3 aliphatic carbocycles. The Morgan fingerprint density at radius 3 is 2.53 bits per heavy atom. The molecule has 0 amide bonds. The van der Waals surface area contributed by atoms with Gasteiger partial charge in [-0.15, -0.1) is 0 Å². The predicted molar refractivity (Wildman–Crippen MR) is 217 cm³/mol. The van der Waals surface area contributed by atoms with Crippen LogP contribution in [0, 0.1) is 23.7 Å². The van der Waals surface area contributed by atoms with E-state index in [1.807, 2.05) is 0 Å². The van der Waals surface area contributed by atoms with Gasteiger partial charge in [0.05, 0.1) is 61.9 Å². The van der Waals surface area contributed by atoms with Gasteiger partial charge in [0.15, 0.2) is 0 Å². The molecule has 0 radical (unpaired) electrons. The number of quaternary nitrogens is 1. The van der Waals surface area contributed by atoms with E-state index in [1.165, 1.54) is 32.6 Å². The van der Waals surface area contributed by atoms with Crippen LogP contribution in [0.2, 0.25) is 0 Å². The summed E-state index contributed by atoms with van der Waals surface area (Å²) in [6, 6.07) is 0.246. The highest BCUT2D eigenvalue weighted by Gasteiger charge is 2.44. The smallest absolute Gasteiger partial charge is 0.341 e. The second-order valence-electron chi connectivity index (χ2n) is 18.9. The largest absolute Gasteiger partial charge is 0.462 e. The van der Waals surface area contributed by atoms with Gasteiger partial charge in [-0.2, -0.15) is 0 Å². The van der Waals surface area contributed by atoms with E-state index in [4.69, 9.17) is 30.4 Å². The second kappa shape index (κ2) is 22.8. The number of ether oxygens (including phenoxy) is 4. The maximum absolute atomic E-state index is 12.1. The van der Waals surface area contributed by atoms with E-state index in [2.05, 4.69) is 20.9 Å². The van der Waals surface area contributed by atoms with E-state index >= 15 is 0 Å². The Hall–Kier alpha value is -1.62. The van der Waals surface area contributed by atoms with Crippen LogP contribution in [0.15, 0.2) is 0 Å². The number of carbonyl (C=O) groups excluding carboxylic acids is 1. The number of guanidine groups is 1. The van der Waals surface area contributed by atoms with E-state index < -0.39 is 24.4 Å². The Labute approximate surface area is 341 Å². The fourth-order valence-corrected chi connectivity index (χ4v) is 11.0. The summed E-state index contributed by atoms with van der Waals surface area (Å²) >= 11 is 0. The SMILES string of the molecule is CC(=O)O[C@H]1C[C@H](CCC2CCC(O)C(O[C@@H]3CCC[C@H](NC(N)=[NH+]CCCC4CC[NH2+]C(N)C4)C3)C2)O[C@H](C2CC(O)C(O)C(OCCC3CCCNC3)C2)C1. The van der Waals surface area contributed by atoms with Crippen molar-refractivity contribution in [1.82, 2.24) is 10.6 Å². The Kier molecular flexibility index (Phi) is 18.0. The topological polar surface area (TPSA) is 221 Å². The van der Waals surface area contributed by atoms with E-state index in [1.54, 1.807) is 0 Å². The average Bonchev–Trinajstić information content (AvgIpc) is 3.18. The summed E-state index contributed by atoms with van der Waals surface area (Å²) in [5.41, 5.74) is 12.5. The molecule has 14 heteroatoms. The maximum atomic E-state index is 12.1. The zero-order valence-corrected chi connectivity index (χ0v) is 35.0. The third-order valence-electron chi connectivity index (χ3n) is 14.2. The molecule has 3 aliphatic heterocycles. The third kappa shape index (κ3) is 14.5. The molecule has 12 N–H and O–H groups in total. The Balaban J connectivity index is 0.944. The van der Waals surface area contributed by atoms with E-state index in [0.29, 0.717) is 56.0 Å². The molecule has 328 valence electrons. The Morgan fingerprint density at radius 2 is 1.72 bits per heavy atom. The lowest BCUT2D eigenvalue weighted by Gasteiger charge is -2.44. The first kappa shape index (κ1) is 44.9. The lowest BCUT2D eigenvalue weighted by Crippen LogP contribution is -2.94. The van der Waals surface area contributed by atoms with Crippen molar-refractivity contribution in [1.29, 1.82) is 0 Å². The van der Waals surface area contributed by atoms with Crippen molar-refractivity contribution in [3.05, 3.63) is 0 Å². The second-order valence-corrected chi connectivity index (χ2v) is 18.9. The minimum absolute atomic E-state index is 0.00380. The highest BCUT2D eigenvalue weighted by molar-refractivity contribution is 5.72. The van der Waals surface area contributed by atoms with Crippen molar-refractivity contribution in [2.75, 3.05) is 32.8 Å². The zero-order chi connectivity index (χ0) is 40.1. The number of nitrogens with two attached hydrogens (primary N) is 3. The first-order chi connectivity index (χ1) is 27.6. The molecule has 14 nitrogen and oxygen atoms in total. The van der Waals surface area contributed by atoms with Crippen molar-refractivity contribution < 1.29 is 49.4 Å². The number of carbonyl (C=O) groups is 1. The van der Waals surface area contributed by atoms with Crippen LogP contribution in [0.4, 0.5) is 0 Å². The quantitative estimate of drug-likeness (QED) is 0.0437. The third-order valence-corrected chi connectivity index (χ3v) is 14.2. The number of hydrogen-bond donors (Lipinski definition) is 9. The summed E-state index contributed by atoms with van der Waals surface area (Å²) in [7, 11) is 0. The molecule has 0 aromatic heterocycles. The number of hydrogen-bond acceptors (Lipinski definition) is 10. The number of piperidine rings is 2. The van der Waals surface area contributed by atoms with E-state index in [9.17, 15) is 20.1 Å². The van der Waals surface area contributed by atoms with Crippen molar-refractivity contribution in [3.8, 4) is 0 Å². The van der Waals surface area contributed by atoms with Crippen molar-refractivity contribution in [2.45, 2.75) is 202 Å². The van der Waals surface area contributed by atoms with Crippen LogP contribution >= 0.6 is 0 Å². The highest BCUT2D eigenvalue weighted by Crippen LogP contribution is 2.39. The number of esters is 1. The van der Waals surface area contributed by atoms with Gasteiger partial charge in [-0.3, -0.25) is 26.6 Å². The van der Waals surface area contributed by atoms with Crippen LogP contribution in [-0.4, -0.2) is 127 Å². The van der Waals surface area contributed by atoms with Crippen LogP contribution in [-0.2, 0) is 23.7 Å². The van der Waals surface area contributed by atoms with E-state index in [-0.39, 0.29) is 54.6 Å². The molecule has 3 saturated heterocycles. The molecule has 0 bridgehead atoms. The minimum atomic E-state index is -0.916. The molecule has 6 rings (SSSR count). The molecular weight excluding hydrogens is 729 g/mol. The van der Waals surface area contributed by atoms with Gasteiger partial charge in [0, 0.05) is 39.2 Å². The molecule has 0 aromatic carbocycles. The fourth-order valence-electron chi connectivity index (χ4n) is 11.0. The zero-order valence-electron chi connectivity index (χ0n) is 35.0. The molecule has 0 spiro atoms. The monoisotopic (exact) mass is 809 g/mol. The molecule has 6 fully saturated rings. The van der Waals surface area contributed by atoms with Crippen LogP contribution < -0.4 is 32.4 Å². The predicted octanol–water partition coefficient (Wildman–Crippen LogP) is 0.0333. The number of aliphatic hydroxyl groups excluding tert-OH is 3. The number of nitrogens with one attached hydrogen (secondary N) is 3. The molecule has 15 atom stereocenters. The minimum Gasteiger partial charge on any atom is -0.462 e. The lowest BCUT2D eigenvalue weighted by atomic mass is 9.77. The summed E-state index contributed by atoms with van der Waals surface area (Å²) in [5, 5.41) is 42.0. The normalized spacial score (nSPS) is 41.0. The Bertz CT molecular complexity index is 1230. The summed E-state index contributed by atoms with van der Waals surface area (Å²) in [5.74, 6) is 2.06. The molecule has 0 aromatic rings. The number of rotatable bonds is 16. The molecule has 3 saturated carbocycles. The van der Waals surface area contributed by atoms with E-state index in [0.717, 1.165) is 103 Å². The Morgan fingerprint density at radius 1 is 0.860 bits per heavy atom. The van der Waals surface area contributed by atoms with Crippen LogP contribution in [0.5, 0.6) is 0 Å². The van der Waals surface area contributed by atoms with Gasteiger partial charge in [-0.25, -0.2) is 0 Å². The molecular formula is C43H80N6O8+2. The van der Waals surface area contributed by atoms with Crippen LogP contribution in [0.25, 0.3) is 0 Å². The van der Waals surface area contributed by atoms with Gasteiger partial charge in [0.25, 0.3) is 0 Å². The van der Waals surface area contributed by atoms with Crippen LogP contribution in [0.1, 0.15) is 135 Å². The van der Waals surface area contributed by atoms with Crippen LogP contribution in [0.3, 0.4) is 0 Å². The van der Waals surface area contributed by atoms with Gasteiger partial charge in [0.1, 0.15) is 18.4 Å². The van der Waals surface area contributed by atoms with Gasteiger partial charge in [-0.05, 0) is 139 Å². The van der Waals surface area contributed by atoms with Crippen molar-refractivity contribution >= 4 is 11.9 Å². The standard InChI is InChI=1S/C43H78N6O8/c1-27(50)55-35-24-34(56-38(25-35)31-21-37(52)42(53)40(22-31)54-18-14-30-6-3-15-46-26-30)11-9-29-10-12-36(51)39(19-29)57-33-8-2-7-32(23-33)49-43(45)48-16-4-5-28-13-17-47-41(44)20-28/h28-42,46-47,51-53H,2-26,44H2,1H3,(H3,45,48,49)/p+2/t28?,29?,30?,31?,32-,33+,34-,35-,36?,37?,38-,39?,40?,41?,42?/m0/s1. The summed E-state index contributed by atoms with van der Waals surface area (Å²) in [4.78, 5) is 15.5. The fraction of sp³-hybridized carbons (Fsp3) is 0.953. The van der Waals surface area contributed by atoms with Gasteiger partial charge in [0.2, 0.25) is 0 Å². The van der Waals surface area contributed by atoms with Gasteiger partial charge in [-0.1, -0.05) is 0 Å². The summed E-state index contributed by atoms with van der Waals surface area (Å²) < 4.78 is 25.5. The number of aliphatic hydroxyl groups is 3. The maximum Gasteiger partial charge on any atom is 0.341 e. The lowest BCUT2D eigenvalue weighted by molar-refractivity contribution is -0.699. The molecule has 3 heterocycles.